The zero-order valence-corrected chi connectivity index (χ0v) is 18.0. The highest BCUT2D eigenvalue weighted by Crippen LogP contribution is 2.31. The minimum Gasteiger partial charge on any atom is -0.309 e. The van der Waals surface area contributed by atoms with E-state index in [0.29, 0.717) is 23.1 Å². The van der Waals surface area contributed by atoms with Crippen LogP contribution in [0.1, 0.15) is 30.5 Å². The van der Waals surface area contributed by atoms with Crippen molar-refractivity contribution >= 4 is 23.0 Å². The Labute approximate surface area is 184 Å². The normalized spacial score (nSPS) is 17.6. The molecule has 4 aromatic rings. The summed E-state index contributed by atoms with van der Waals surface area (Å²) in [7, 11) is 0. The van der Waals surface area contributed by atoms with Crippen molar-refractivity contribution in [1.29, 1.82) is 0 Å². The molecule has 0 unspecified atom stereocenters. The molecule has 1 aliphatic heterocycles. The Balaban J connectivity index is 1.25. The zero-order valence-electron chi connectivity index (χ0n) is 18.0. The third kappa shape index (κ3) is 3.15. The summed E-state index contributed by atoms with van der Waals surface area (Å²) in [6.07, 6.45) is 9.04. The summed E-state index contributed by atoms with van der Waals surface area (Å²) in [6.45, 7) is 5.46. The zero-order chi connectivity index (χ0) is 22.0. The number of pyridine rings is 1. The van der Waals surface area contributed by atoms with Crippen molar-refractivity contribution in [3.8, 4) is 11.3 Å². The molecule has 0 spiro atoms. The van der Waals surface area contributed by atoms with E-state index < -0.39 is 5.82 Å². The van der Waals surface area contributed by atoms with Crippen molar-refractivity contribution in [2.75, 3.05) is 18.4 Å². The summed E-state index contributed by atoms with van der Waals surface area (Å²) in [5.74, 6) is -0.191. The third-order valence-electron chi connectivity index (χ3n) is 6.65. The summed E-state index contributed by atoms with van der Waals surface area (Å²) >= 11 is 0. The fourth-order valence-electron chi connectivity index (χ4n) is 4.60. The lowest BCUT2D eigenvalue weighted by molar-refractivity contribution is -0.127. The summed E-state index contributed by atoms with van der Waals surface area (Å²) in [6, 6.07) is 3.98. The number of fused-ring (bicyclic) bond motifs is 2. The number of nitrogens with zero attached hydrogens (tertiary/aromatic N) is 6. The van der Waals surface area contributed by atoms with Crippen LogP contribution in [0.2, 0.25) is 0 Å². The van der Waals surface area contributed by atoms with Crippen LogP contribution in [-0.2, 0) is 4.79 Å². The first-order chi connectivity index (χ1) is 15.4. The van der Waals surface area contributed by atoms with E-state index in [4.69, 9.17) is 0 Å². The number of rotatable bonds is 4. The molecule has 6 rings (SSSR count). The Bertz CT molecular complexity index is 1360. The van der Waals surface area contributed by atoms with E-state index in [0.717, 1.165) is 30.0 Å². The molecule has 4 aromatic heterocycles. The minimum atomic E-state index is -0.468. The molecule has 164 valence electrons. The van der Waals surface area contributed by atoms with Crippen LogP contribution < -0.4 is 5.32 Å². The molecule has 1 amide bonds. The quantitative estimate of drug-likeness (QED) is 0.535. The van der Waals surface area contributed by atoms with Gasteiger partial charge in [-0.2, -0.15) is 5.10 Å². The fraction of sp³-hybridized carbons (Fsp3) is 0.391. The predicted molar refractivity (Wildman–Crippen MR) is 118 cm³/mol. The van der Waals surface area contributed by atoms with Crippen LogP contribution in [0.15, 0.2) is 30.7 Å². The molecule has 2 fully saturated rings. The number of carbonyl (C=O) groups is 1. The van der Waals surface area contributed by atoms with E-state index in [-0.39, 0.29) is 17.5 Å². The van der Waals surface area contributed by atoms with Crippen LogP contribution in [0.25, 0.3) is 22.6 Å². The summed E-state index contributed by atoms with van der Waals surface area (Å²) in [5.41, 5.74) is 4.04. The molecule has 1 aliphatic carbocycles. The number of aryl methyl sites for hydroxylation is 2. The second-order valence-electron chi connectivity index (χ2n) is 9.02. The van der Waals surface area contributed by atoms with Crippen LogP contribution in [0.3, 0.4) is 0 Å². The molecule has 9 heteroatoms. The number of carbonyl (C=O) groups excluding carboxylic acids is 1. The average Bonchev–Trinajstić information content (AvgIpc) is 3.25. The minimum absolute atomic E-state index is 0.0293. The lowest BCUT2D eigenvalue weighted by Crippen LogP contribution is -2.57. The molecular weight excluding hydrogens is 409 g/mol. The van der Waals surface area contributed by atoms with Crippen LogP contribution in [-0.4, -0.2) is 53.9 Å². The van der Waals surface area contributed by atoms with Crippen molar-refractivity contribution in [2.24, 2.45) is 5.92 Å². The third-order valence-corrected chi connectivity index (χ3v) is 6.65. The Morgan fingerprint density at radius 3 is 2.66 bits per heavy atom. The first-order valence-corrected chi connectivity index (χ1v) is 11.0. The van der Waals surface area contributed by atoms with Gasteiger partial charge in [-0.15, -0.1) is 0 Å². The smallest absolute Gasteiger partial charge is 0.231 e. The van der Waals surface area contributed by atoms with Gasteiger partial charge in [-0.3, -0.25) is 9.69 Å². The number of imidazole rings is 2. The summed E-state index contributed by atoms with van der Waals surface area (Å²) in [5, 5.41) is 7.44. The number of aromatic nitrogens is 5. The van der Waals surface area contributed by atoms with Gasteiger partial charge >= 0.3 is 0 Å². The fourth-order valence-corrected chi connectivity index (χ4v) is 4.60. The molecule has 8 nitrogen and oxygen atoms in total. The average molecular weight is 433 g/mol. The highest BCUT2D eigenvalue weighted by atomic mass is 19.1. The molecule has 0 radical (unpaired) electrons. The Morgan fingerprint density at radius 1 is 1.09 bits per heavy atom. The molecule has 0 aromatic carbocycles. The number of halogens is 1. The van der Waals surface area contributed by atoms with Gasteiger partial charge in [0.05, 0.1) is 29.7 Å². The van der Waals surface area contributed by atoms with Crippen LogP contribution in [0.4, 0.5) is 10.2 Å². The van der Waals surface area contributed by atoms with E-state index >= 15 is 0 Å². The van der Waals surface area contributed by atoms with Gasteiger partial charge in [0.1, 0.15) is 0 Å². The maximum absolute atomic E-state index is 14.9. The molecule has 0 bridgehead atoms. The SMILES string of the molecule is Cc1cn2nc(-c3cc(F)c4nc(NC(=O)C5CN(C6CCC6)C5)cn4c3)cc(C)c2n1. The van der Waals surface area contributed by atoms with Gasteiger partial charge in [0.25, 0.3) is 0 Å². The number of amides is 1. The molecule has 5 heterocycles. The maximum atomic E-state index is 14.9. The molecule has 32 heavy (non-hydrogen) atoms. The molecule has 1 saturated carbocycles. The highest BCUT2D eigenvalue weighted by molar-refractivity contribution is 5.93. The topological polar surface area (TPSA) is 79.8 Å². The molecule has 2 aliphatic rings. The largest absolute Gasteiger partial charge is 0.309 e. The number of nitrogens with one attached hydrogen (secondary N) is 1. The van der Waals surface area contributed by atoms with Crippen LogP contribution >= 0.6 is 0 Å². The highest BCUT2D eigenvalue weighted by Gasteiger charge is 2.38. The molecule has 1 saturated heterocycles. The molecule has 1 N–H and O–H groups in total. The van der Waals surface area contributed by atoms with Gasteiger partial charge in [0.15, 0.2) is 22.9 Å². The molecular formula is C23H24FN7O. The van der Waals surface area contributed by atoms with E-state index in [1.807, 2.05) is 26.1 Å². The van der Waals surface area contributed by atoms with Crippen molar-refractivity contribution < 1.29 is 9.18 Å². The monoisotopic (exact) mass is 433 g/mol. The van der Waals surface area contributed by atoms with Gasteiger partial charge < -0.3 is 9.72 Å². The number of anilines is 1. The lowest BCUT2D eigenvalue weighted by atomic mass is 9.86. The Morgan fingerprint density at radius 2 is 1.91 bits per heavy atom. The number of hydrogen-bond donors (Lipinski definition) is 1. The molecule has 0 atom stereocenters. The van der Waals surface area contributed by atoms with Gasteiger partial charge in [0.2, 0.25) is 5.91 Å². The number of likely N-dealkylation sites (tertiary alicyclic amines) is 1. The predicted octanol–water partition coefficient (Wildman–Crippen LogP) is 3.22. The van der Waals surface area contributed by atoms with E-state index in [2.05, 4.69) is 25.3 Å². The summed E-state index contributed by atoms with van der Waals surface area (Å²) in [4.78, 5) is 23.7. The van der Waals surface area contributed by atoms with Crippen molar-refractivity contribution in [2.45, 2.75) is 39.2 Å². The van der Waals surface area contributed by atoms with E-state index in [1.54, 1.807) is 21.3 Å². The van der Waals surface area contributed by atoms with Gasteiger partial charge in [-0.05, 0) is 44.4 Å². The lowest BCUT2D eigenvalue weighted by Gasteiger charge is -2.47. The van der Waals surface area contributed by atoms with E-state index in [9.17, 15) is 9.18 Å². The number of hydrogen-bond acceptors (Lipinski definition) is 5. The summed E-state index contributed by atoms with van der Waals surface area (Å²) < 4.78 is 18.2. The Kier molecular flexibility index (Phi) is 4.29. The van der Waals surface area contributed by atoms with Gasteiger partial charge in [-0.1, -0.05) is 6.42 Å². The van der Waals surface area contributed by atoms with Crippen molar-refractivity contribution in [1.82, 2.24) is 28.9 Å². The second kappa shape index (κ2) is 7.09. The van der Waals surface area contributed by atoms with E-state index in [1.165, 1.54) is 25.3 Å². The first-order valence-electron chi connectivity index (χ1n) is 11.0. The van der Waals surface area contributed by atoms with Gasteiger partial charge in [-0.25, -0.2) is 18.9 Å². The second-order valence-corrected chi connectivity index (χ2v) is 9.02. The standard InChI is InChI=1S/C23H24FN7O/c1-13-6-19(28-31-8-14(2)25-21(13)31)15-7-18(24)22-26-20(12-30(22)9-15)27-23(32)16-10-29(11-16)17-4-3-5-17/h6-9,12,16-17H,3-5,10-11H2,1-2H3,(H,27,32). The Hall–Kier alpha value is -3.33. The van der Waals surface area contributed by atoms with Gasteiger partial charge in [0, 0.05) is 30.9 Å². The maximum Gasteiger partial charge on any atom is 0.231 e. The first kappa shape index (κ1) is 19.4. The van der Waals surface area contributed by atoms with Crippen molar-refractivity contribution in [3.63, 3.8) is 0 Å². The van der Waals surface area contributed by atoms with Crippen molar-refractivity contribution in [3.05, 3.63) is 47.8 Å². The van der Waals surface area contributed by atoms with Crippen LogP contribution in [0, 0.1) is 25.6 Å². The van der Waals surface area contributed by atoms with Crippen LogP contribution in [0.5, 0.6) is 0 Å².